The van der Waals surface area contributed by atoms with E-state index >= 15 is 0 Å². The number of piperazine rings is 1. The van der Waals surface area contributed by atoms with E-state index in [0.717, 1.165) is 38.4 Å². The van der Waals surface area contributed by atoms with Crippen molar-refractivity contribution in [3.63, 3.8) is 0 Å². The van der Waals surface area contributed by atoms with Crippen molar-refractivity contribution in [2.24, 2.45) is 0 Å². The zero-order chi connectivity index (χ0) is 19.5. The van der Waals surface area contributed by atoms with Crippen LogP contribution in [-0.2, 0) is 17.9 Å². The minimum atomic E-state index is -0.340. The van der Waals surface area contributed by atoms with E-state index in [1.54, 1.807) is 10.7 Å². The third-order valence-corrected chi connectivity index (χ3v) is 5.22. The van der Waals surface area contributed by atoms with Gasteiger partial charge in [0.05, 0.1) is 24.5 Å². The Kier molecular flexibility index (Phi) is 7.05. The van der Waals surface area contributed by atoms with Crippen LogP contribution in [0.15, 0.2) is 24.4 Å². The Morgan fingerprint density at radius 2 is 2.10 bits per heavy atom. The Balaban J connectivity index is 0.00000240. The van der Waals surface area contributed by atoms with Gasteiger partial charge in [0.1, 0.15) is 18.1 Å². The summed E-state index contributed by atoms with van der Waals surface area (Å²) in [4.78, 5) is 17.1. The van der Waals surface area contributed by atoms with Crippen LogP contribution in [0.5, 0.6) is 5.75 Å². The number of aromatic nitrogens is 3. The summed E-state index contributed by atoms with van der Waals surface area (Å²) in [6.07, 6.45) is 2.42. The van der Waals surface area contributed by atoms with E-state index in [1.807, 2.05) is 6.20 Å². The summed E-state index contributed by atoms with van der Waals surface area (Å²) >= 11 is 0. The molecule has 4 rings (SSSR count). The van der Waals surface area contributed by atoms with Crippen molar-refractivity contribution in [2.75, 3.05) is 39.8 Å². The number of benzene rings is 1. The number of ether oxygens (including phenoxy) is 1. The lowest BCUT2D eigenvalue weighted by atomic mass is 10.0. The zero-order valence-corrected chi connectivity index (χ0v) is 17.2. The first-order valence-corrected chi connectivity index (χ1v) is 9.58. The standard InChI is InChI=1S/C19H25FN6O2.ClH/c1-24-5-7-25(8-6-24)11-15-12-26(23-22-15)13-19(27)21-17-4-9-28-18-3-2-14(20)10-16(17)18;/h2-3,10,12,17H,4-9,11,13H2,1H3,(H,21,27);1H. The van der Waals surface area contributed by atoms with Gasteiger partial charge in [-0.15, -0.1) is 17.5 Å². The molecular formula is C19H26ClFN6O2. The molecule has 158 valence electrons. The zero-order valence-electron chi connectivity index (χ0n) is 16.4. The molecule has 10 heteroatoms. The molecule has 8 nitrogen and oxygen atoms in total. The molecular weight excluding hydrogens is 399 g/mol. The number of carbonyl (C=O) groups is 1. The molecule has 1 fully saturated rings. The van der Waals surface area contributed by atoms with Crippen LogP contribution in [0.2, 0.25) is 0 Å². The lowest BCUT2D eigenvalue weighted by Crippen LogP contribution is -2.43. The minimum Gasteiger partial charge on any atom is -0.493 e. The molecule has 1 aromatic carbocycles. The Hall–Kier alpha value is -2.23. The number of fused-ring (bicyclic) bond motifs is 1. The van der Waals surface area contributed by atoms with E-state index in [1.165, 1.54) is 12.1 Å². The van der Waals surface area contributed by atoms with Crippen LogP contribution in [-0.4, -0.2) is 70.5 Å². The molecule has 0 aliphatic carbocycles. The van der Waals surface area contributed by atoms with Crippen LogP contribution in [0.3, 0.4) is 0 Å². The summed E-state index contributed by atoms with van der Waals surface area (Å²) in [6, 6.07) is 4.12. The third kappa shape index (κ3) is 5.43. The van der Waals surface area contributed by atoms with E-state index in [-0.39, 0.29) is 36.7 Å². The lowest BCUT2D eigenvalue weighted by Gasteiger charge is -2.31. The maximum absolute atomic E-state index is 13.6. The molecule has 1 N–H and O–H groups in total. The van der Waals surface area contributed by atoms with E-state index in [4.69, 9.17) is 4.74 Å². The van der Waals surface area contributed by atoms with Crippen LogP contribution in [0.25, 0.3) is 0 Å². The fourth-order valence-corrected chi connectivity index (χ4v) is 3.63. The Labute approximate surface area is 175 Å². The number of nitrogens with zero attached hydrogens (tertiary/aromatic N) is 5. The highest BCUT2D eigenvalue weighted by Gasteiger charge is 2.24. The highest BCUT2D eigenvalue weighted by molar-refractivity contribution is 5.85. The molecule has 0 radical (unpaired) electrons. The number of carbonyl (C=O) groups excluding carboxylic acids is 1. The van der Waals surface area contributed by atoms with Gasteiger partial charge in [-0.05, 0) is 25.2 Å². The third-order valence-electron chi connectivity index (χ3n) is 5.22. The van der Waals surface area contributed by atoms with Gasteiger partial charge in [-0.2, -0.15) is 0 Å². The first kappa shape index (κ1) is 21.5. The normalized spacial score (nSPS) is 19.7. The molecule has 1 amide bonds. The van der Waals surface area contributed by atoms with Crippen molar-refractivity contribution in [3.8, 4) is 5.75 Å². The number of amides is 1. The average molecular weight is 425 g/mol. The highest BCUT2D eigenvalue weighted by Crippen LogP contribution is 2.32. The van der Waals surface area contributed by atoms with Gasteiger partial charge in [0.15, 0.2) is 0 Å². The number of hydrogen-bond donors (Lipinski definition) is 1. The summed E-state index contributed by atoms with van der Waals surface area (Å²) in [5, 5.41) is 11.2. The van der Waals surface area contributed by atoms with Crippen LogP contribution < -0.4 is 10.1 Å². The van der Waals surface area contributed by atoms with E-state index in [0.29, 0.717) is 24.3 Å². The van der Waals surface area contributed by atoms with Crippen molar-refractivity contribution in [1.82, 2.24) is 30.1 Å². The number of likely N-dealkylation sites (N-methyl/N-ethyl adjacent to an activating group) is 1. The maximum atomic E-state index is 13.6. The smallest absolute Gasteiger partial charge is 0.242 e. The van der Waals surface area contributed by atoms with Gasteiger partial charge in [0.2, 0.25) is 5.91 Å². The Bertz CT molecular complexity index is 840. The van der Waals surface area contributed by atoms with Crippen molar-refractivity contribution in [2.45, 2.75) is 25.6 Å². The molecule has 2 aromatic rings. The summed E-state index contributed by atoms with van der Waals surface area (Å²) in [5.41, 5.74) is 1.53. The molecule has 2 aliphatic rings. The molecule has 0 saturated carbocycles. The van der Waals surface area contributed by atoms with Crippen LogP contribution >= 0.6 is 12.4 Å². The Morgan fingerprint density at radius 1 is 1.31 bits per heavy atom. The maximum Gasteiger partial charge on any atom is 0.242 e. The topological polar surface area (TPSA) is 75.5 Å². The van der Waals surface area contributed by atoms with Crippen molar-refractivity contribution >= 4 is 18.3 Å². The van der Waals surface area contributed by atoms with Crippen molar-refractivity contribution < 1.29 is 13.9 Å². The fraction of sp³-hybridized carbons (Fsp3) is 0.526. The lowest BCUT2D eigenvalue weighted by molar-refractivity contribution is -0.122. The second-order valence-corrected chi connectivity index (χ2v) is 7.43. The van der Waals surface area contributed by atoms with E-state index in [9.17, 15) is 9.18 Å². The summed E-state index contributed by atoms with van der Waals surface area (Å²) in [7, 11) is 2.12. The minimum absolute atomic E-state index is 0. The largest absolute Gasteiger partial charge is 0.493 e. The highest BCUT2D eigenvalue weighted by atomic mass is 35.5. The molecule has 1 saturated heterocycles. The monoisotopic (exact) mass is 424 g/mol. The number of rotatable bonds is 5. The molecule has 1 atom stereocenters. The molecule has 29 heavy (non-hydrogen) atoms. The summed E-state index contributed by atoms with van der Waals surface area (Å²) in [6.45, 7) is 5.41. The molecule has 0 bridgehead atoms. The summed E-state index contributed by atoms with van der Waals surface area (Å²) in [5.74, 6) is 0.0969. The Morgan fingerprint density at radius 3 is 2.90 bits per heavy atom. The van der Waals surface area contributed by atoms with Gasteiger partial charge in [0.25, 0.3) is 0 Å². The van der Waals surface area contributed by atoms with Gasteiger partial charge in [-0.1, -0.05) is 5.21 Å². The van der Waals surface area contributed by atoms with E-state index < -0.39 is 0 Å². The molecule has 2 aliphatic heterocycles. The SMILES string of the molecule is CN1CCN(Cc2cn(CC(=O)NC3CCOc4ccc(F)cc43)nn2)CC1.Cl. The molecule has 1 unspecified atom stereocenters. The average Bonchev–Trinajstić information content (AvgIpc) is 3.11. The summed E-state index contributed by atoms with van der Waals surface area (Å²) < 4.78 is 20.7. The van der Waals surface area contributed by atoms with Gasteiger partial charge < -0.3 is 15.0 Å². The quantitative estimate of drug-likeness (QED) is 0.778. The fourth-order valence-electron chi connectivity index (χ4n) is 3.63. The molecule has 3 heterocycles. The van der Waals surface area contributed by atoms with Gasteiger partial charge >= 0.3 is 0 Å². The van der Waals surface area contributed by atoms with Gasteiger partial charge in [-0.25, -0.2) is 9.07 Å². The first-order chi connectivity index (χ1) is 13.6. The number of halogens is 2. The van der Waals surface area contributed by atoms with Crippen LogP contribution in [0.4, 0.5) is 4.39 Å². The second kappa shape index (κ2) is 9.51. The second-order valence-electron chi connectivity index (χ2n) is 7.43. The first-order valence-electron chi connectivity index (χ1n) is 9.58. The predicted octanol–water partition coefficient (Wildman–Crippen LogP) is 1.23. The molecule has 0 spiro atoms. The number of nitrogens with one attached hydrogen (secondary N) is 1. The van der Waals surface area contributed by atoms with Crippen molar-refractivity contribution in [1.29, 1.82) is 0 Å². The van der Waals surface area contributed by atoms with Crippen molar-refractivity contribution in [3.05, 3.63) is 41.5 Å². The van der Waals surface area contributed by atoms with Gasteiger partial charge in [-0.3, -0.25) is 9.69 Å². The van der Waals surface area contributed by atoms with Gasteiger partial charge in [0, 0.05) is 44.7 Å². The number of hydrogen-bond acceptors (Lipinski definition) is 6. The predicted molar refractivity (Wildman–Crippen MR) is 107 cm³/mol. The molecule has 1 aromatic heterocycles. The van der Waals surface area contributed by atoms with E-state index in [2.05, 4.69) is 32.5 Å². The van der Waals surface area contributed by atoms with Crippen LogP contribution in [0.1, 0.15) is 23.7 Å². The van der Waals surface area contributed by atoms with Crippen LogP contribution in [0, 0.1) is 5.82 Å².